The van der Waals surface area contributed by atoms with Crippen molar-refractivity contribution in [3.8, 4) is 0 Å². The molecule has 1 atom stereocenters. The standard InChI is InChI=1S/C13H15FN2O2S/c1-2-15-11(17)7-16-12(18)8-19-13(16)9-4-3-5-10(14)6-9/h3-6,13H,2,7-8H2,1H3,(H,15,17). The Hall–Kier alpha value is -1.56. The van der Waals surface area contributed by atoms with Crippen molar-refractivity contribution in [2.75, 3.05) is 18.8 Å². The molecule has 4 nitrogen and oxygen atoms in total. The zero-order chi connectivity index (χ0) is 13.8. The van der Waals surface area contributed by atoms with Gasteiger partial charge in [-0.1, -0.05) is 12.1 Å². The minimum atomic E-state index is -0.338. The van der Waals surface area contributed by atoms with E-state index in [-0.39, 0.29) is 29.6 Å². The van der Waals surface area contributed by atoms with E-state index in [0.29, 0.717) is 17.9 Å². The van der Waals surface area contributed by atoms with E-state index in [9.17, 15) is 14.0 Å². The van der Waals surface area contributed by atoms with Crippen LogP contribution in [0.5, 0.6) is 0 Å². The highest BCUT2D eigenvalue weighted by atomic mass is 32.2. The topological polar surface area (TPSA) is 49.4 Å². The van der Waals surface area contributed by atoms with E-state index in [0.717, 1.165) is 0 Å². The van der Waals surface area contributed by atoms with E-state index in [2.05, 4.69) is 5.32 Å². The Balaban J connectivity index is 2.15. The van der Waals surface area contributed by atoms with Crippen molar-refractivity contribution in [3.63, 3.8) is 0 Å². The molecule has 1 aromatic carbocycles. The Labute approximate surface area is 115 Å². The smallest absolute Gasteiger partial charge is 0.239 e. The van der Waals surface area contributed by atoms with Crippen LogP contribution in [-0.2, 0) is 9.59 Å². The van der Waals surface area contributed by atoms with Crippen LogP contribution in [0.25, 0.3) is 0 Å². The minimum absolute atomic E-state index is 0.0147. The van der Waals surface area contributed by atoms with Crippen molar-refractivity contribution in [1.82, 2.24) is 10.2 Å². The van der Waals surface area contributed by atoms with Gasteiger partial charge in [-0.05, 0) is 24.6 Å². The number of nitrogens with zero attached hydrogens (tertiary/aromatic N) is 1. The van der Waals surface area contributed by atoms with Gasteiger partial charge in [-0.15, -0.1) is 11.8 Å². The molecule has 6 heteroatoms. The van der Waals surface area contributed by atoms with E-state index in [1.807, 2.05) is 6.92 Å². The van der Waals surface area contributed by atoms with Gasteiger partial charge < -0.3 is 10.2 Å². The second kappa shape index (κ2) is 6.06. The lowest BCUT2D eigenvalue weighted by Gasteiger charge is -2.23. The molecule has 102 valence electrons. The number of benzene rings is 1. The average molecular weight is 282 g/mol. The molecule has 0 bridgehead atoms. The molecular formula is C13H15FN2O2S. The first-order valence-electron chi connectivity index (χ1n) is 6.05. The minimum Gasteiger partial charge on any atom is -0.355 e. The van der Waals surface area contributed by atoms with Gasteiger partial charge in [0, 0.05) is 6.54 Å². The number of halogens is 1. The predicted molar refractivity (Wildman–Crippen MR) is 72.0 cm³/mol. The van der Waals surface area contributed by atoms with Crippen LogP contribution in [0, 0.1) is 5.82 Å². The molecule has 1 aromatic rings. The predicted octanol–water partition coefficient (Wildman–Crippen LogP) is 1.54. The highest BCUT2D eigenvalue weighted by Gasteiger charge is 2.34. The molecule has 1 N–H and O–H groups in total. The average Bonchev–Trinajstić information content (AvgIpc) is 2.71. The molecule has 1 heterocycles. The Morgan fingerprint density at radius 3 is 3.05 bits per heavy atom. The molecule has 0 saturated carbocycles. The van der Waals surface area contributed by atoms with Crippen LogP contribution in [0.3, 0.4) is 0 Å². The third kappa shape index (κ3) is 3.26. The molecule has 19 heavy (non-hydrogen) atoms. The van der Waals surface area contributed by atoms with Gasteiger partial charge in [0.25, 0.3) is 0 Å². The number of carbonyl (C=O) groups is 2. The summed E-state index contributed by atoms with van der Waals surface area (Å²) in [6, 6.07) is 6.14. The SMILES string of the molecule is CCNC(=O)CN1C(=O)CSC1c1cccc(F)c1. The van der Waals surface area contributed by atoms with Gasteiger partial charge in [0.15, 0.2) is 0 Å². The van der Waals surface area contributed by atoms with E-state index >= 15 is 0 Å². The summed E-state index contributed by atoms with van der Waals surface area (Å²) < 4.78 is 13.2. The van der Waals surface area contributed by atoms with Crippen LogP contribution in [0.1, 0.15) is 17.9 Å². The molecule has 1 aliphatic heterocycles. The van der Waals surface area contributed by atoms with Gasteiger partial charge in [0.2, 0.25) is 11.8 Å². The first-order chi connectivity index (χ1) is 9.11. The number of nitrogens with one attached hydrogen (secondary N) is 1. The Bertz CT molecular complexity index is 495. The molecular weight excluding hydrogens is 267 g/mol. The number of hydrogen-bond acceptors (Lipinski definition) is 3. The molecule has 1 aliphatic rings. The molecule has 2 rings (SSSR count). The van der Waals surface area contributed by atoms with Crippen molar-refractivity contribution in [3.05, 3.63) is 35.6 Å². The van der Waals surface area contributed by atoms with Gasteiger partial charge in [-0.25, -0.2) is 4.39 Å². The van der Waals surface area contributed by atoms with Gasteiger partial charge >= 0.3 is 0 Å². The summed E-state index contributed by atoms with van der Waals surface area (Å²) in [5.74, 6) is -0.304. The molecule has 1 unspecified atom stereocenters. The largest absolute Gasteiger partial charge is 0.355 e. The number of rotatable bonds is 4. The summed E-state index contributed by atoms with van der Waals surface area (Å²) in [4.78, 5) is 24.9. The van der Waals surface area contributed by atoms with Gasteiger partial charge in [-0.3, -0.25) is 9.59 Å². The number of hydrogen-bond donors (Lipinski definition) is 1. The van der Waals surface area contributed by atoms with Crippen LogP contribution in [0.2, 0.25) is 0 Å². The number of likely N-dealkylation sites (N-methyl/N-ethyl adjacent to an activating group) is 1. The molecule has 1 saturated heterocycles. The summed E-state index contributed by atoms with van der Waals surface area (Å²) in [5, 5.41) is 2.37. The fraction of sp³-hybridized carbons (Fsp3) is 0.385. The lowest BCUT2D eigenvalue weighted by molar-refractivity contribution is -0.133. The highest BCUT2D eigenvalue weighted by molar-refractivity contribution is 8.00. The van der Waals surface area contributed by atoms with Crippen LogP contribution in [-0.4, -0.2) is 35.6 Å². The van der Waals surface area contributed by atoms with E-state index in [1.54, 1.807) is 12.1 Å². The Morgan fingerprint density at radius 1 is 1.58 bits per heavy atom. The number of carbonyl (C=O) groups excluding carboxylic acids is 2. The Morgan fingerprint density at radius 2 is 2.37 bits per heavy atom. The third-order valence-electron chi connectivity index (χ3n) is 2.79. The van der Waals surface area contributed by atoms with Crippen molar-refractivity contribution in [2.24, 2.45) is 0 Å². The maximum Gasteiger partial charge on any atom is 0.239 e. The molecule has 0 aromatic heterocycles. The van der Waals surface area contributed by atoms with Crippen LogP contribution < -0.4 is 5.32 Å². The summed E-state index contributed by atoms with van der Waals surface area (Å²) in [5.41, 5.74) is 0.708. The van der Waals surface area contributed by atoms with Crippen molar-refractivity contribution >= 4 is 23.6 Å². The quantitative estimate of drug-likeness (QED) is 0.911. The number of thioether (sulfide) groups is 1. The fourth-order valence-electron chi connectivity index (χ4n) is 1.97. The first-order valence-corrected chi connectivity index (χ1v) is 7.10. The molecule has 2 amide bonds. The second-order valence-electron chi connectivity index (χ2n) is 4.19. The van der Waals surface area contributed by atoms with Crippen molar-refractivity contribution < 1.29 is 14.0 Å². The zero-order valence-electron chi connectivity index (χ0n) is 10.6. The lowest BCUT2D eigenvalue weighted by Crippen LogP contribution is -2.39. The van der Waals surface area contributed by atoms with Crippen LogP contribution in [0.4, 0.5) is 4.39 Å². The third-order valence-corrected chi connectivity index (χ3v) is 4.05. The van der Waals surface area contributed by atoms with E-state index < -0.39 is 0 Å². The zero-order valence-corrected chi connectivity index (χ0v) is 11.4. The lowest BCUT2D eigenvalue weighted by atomic mass is 10.2. The molecule has 0 aliphatic carbocycles. The fourth-order valence-corrected chi connectivity index (χ4v) is 3.15. The highest BCUT2D eigenvalue weighted by Crippen LogP contribution is 2.38. The van der Waals surface area contributed by atoms with Crippen LogP contribution in [0.15, 0.2) is 24.3 Å². The van der Waals surface area contributed by atoms with Gasteiger partial charge in [-0.2, -0.15) is 0 Å². The van der Waals surface area contributed by atoms with Crippen LogP contribution >= 0.6 is 11.8 Å². The monoisotopic (exact) mass is 282 g/mol. The molecule has 0 radical (unpaired) electrons. The summed E-state index contributed by atoms with van der Waals surface area (Å²) in [6.07, 6.45) is 0. The summed E-state index contributed by atoms with van der Waals surface area (Å²) in [7, 11) is 0. The number of amides is 2. The summed E-state index contributed by atoms with van der Waals surface area (Å²) >= 11 is 1.41. The molecule has 0 spiro atoms. The molecule has 1 fully saturated rings. The van der Waals surface area contributed by atoms with Crippen molar-refractivity contribution in [2.45, 2.75) is 12.3 Å². The second-order valence-corrected chi connectivity index (χ2v) is 5.26. The van der Waals surface area contributed by atoms with E-state index in [4.69, 9.17) is 0 Å². The Kier molecular flexibility index (Phi) is 4.42. The van der Waals surface area contributed by atoms with Gasteiger partial charge in [0.05, 0.1) is 5.75 Å². The summed E-state index contributed by atoms with van der Waals surface area (Å²) in [6.45, 7) is 2.36. The maximum absolute atomic E-state index is 13.2. The van der Waals surface area contributed by atoms with Crippen molar-refractivity contribution in [1.29, 1.82) is 0 Å². The maximum atomic E-state index is 13.2. The normalized spacial score (nSPS) is 18.7. The van der Waals surface area contributed by atoms with Gasteiger partial charge in [0.1, 0.15) is 17.7 Å². The first kappa shape index (κ1) is 13.9. The van der Waals surface area contributed by atoms with E-state index in [1.165, 1.54) is 28.8 Å².